The van der Waals surface area contributed by atoms with Crippen molar-refractivity contribution in [3.8, 4) is 0 Å². The van der Waals surface area contributed by atoms with Crippen molar-refractivity contribution in [1.29, 1.82) is 0 Å². The second-order valence-corrected chi connectivity index (χ2v) is 5.23. The highest BCUT2D eigenvalue weighted by atomic mass is 16.6. The summed E-state index contributed by atoms with van der Waals surface area (Å²) < 4.78 is 1.79. The maximum Gasteiger partial charge on any atom is 0.270 e. The first-order valence-corrected chi connectivity index (χ1v) is 6.76. The van der Waals surface area contributed by atoms with Crippen molar-refractivity contribution in [2.24, 2.45) is 7.05 Å². The van der Waals surface area contributed by atoms with Crippen LogP contribution < -0.4 is 5.32 Å². The SMILES string of the molecule is Cc1cc(C(=O)NC[C@H](C)c2nncn2C)cc([N+](=O)[O-])c1. The molecule has 1 atom stereocenters. The molecular weight excluding hydrogens is 286 g/mol. The second-order valence-electron chi connectivity index (χ2n) is 5.23. The summed E-state index contributed by atoms with van der Waals surface area (Å²) in [5.74, 6) is 0.396. The third-order valence-corrected chi connectivity index (χ3v) is 3.29. The molecule has 8 nitrogen and oxygen atoms in total. The number of rotatable bonds is 5. The molecular formula is C14H17N5O3. The number of hydrogen-bond donors (Lipinski definition) is 1. The predicted molar refractivity (Wildman–Crippen MR) is 79.6 cm³/mol. The standard InChI is InChI=1S/C14H17N5O3/c1-9-4-11(6-12(5-9)19(21)22)14(20)15-7-10(2)13-17-16-8-18(13)3/h4-6,8,10H,7H2,1-3H3,(H,15,20)/t10-/m0/s1. The number of nitro benzene ring substituents is 1. The van der Waals surface area contributed by atoms with Crippen LogP contribution in [0.2, 0.25) is 0 Å². The van der Waals surface area contributed by atoms with Gasteiger partial charge in [0.25, 0.3) is 11.6 Å². The van der Waals surface area contributed by atoms with Crippen molar-refractivity contribution in [3.05, 3.63) is 51.6 Å². The predicted octanol–water partition coefficient (Wildman–Crippen LogP) is 1.57. The summed E-state index contributed by atoms with van der Waals surface area (Å²) in [5, 5.41) is 21.4. The molecule has 1 aromatic heterocycles. The van der Waals surface area contributed by atoms with Crippen LogP contribution in [0.1, 0.15) is 34.6 Å². The van der Waals surface area contributed by atoms with Crippen molar-refractivity contribution in [2.75, 3.05) is 6.54 Å². The fraction of sp³-hybridized carbons (Fsp3) is 0.357. The summed E-state index contributed by atoms with van der Waals surface area (Å²) >= 11 is 0. The third kappa shape index (κ3) is 3.46. The molecule has 0 unspecified atom stereocenters. The lowest BCUT2D eigenvalue weighted by Crippen LogP contribution is -2.28. The Morgan fingerprint density at radius 2 is 2.18 bits per heavy atom. The highest BCUT2D eigenvalue weighted by Crippen LogP contribution is 2.17. The van der Waals surface area contributed by atoms with Gasteiger partial charge in [0, 0.05) is 37.2 Å². The number of carbonyl (C=O) groups is 1. The highest BCUT2D eigenvalue weighted by Gasteiger charge is 2.16. The van der Waals surface area contributed by atoms with Crippen LogP contribution in [0.25, 0.3) is 0 Å². The average Bonchev–Trinajstić information content (AvgIpc) is 2.89. The van der Waals surface area contributed by atoms with Gasteiger partial charge in [-0.1, -0.05) is 6.92 Å². The summed E-state index contributed by atoms with van der Waals surface area (Å²) in [6, 6.07) is 4.32. The van der Waals surface area contributed by atoms with Crippen LogP contribution >= 0.6 is 0 Å². The summed E-state index contributed by atoms with van der Waals surface area (Å²) in [6.45, 7) is 4.00. The Morgan fingerprint density at radius 3 is 2.77 bits per heavy atom. The van der Waals surface area contributed by atoms with E-state index in [4.69, 9.17) is 0 Å². The van der Waals surface area contributed by atoms with Gasteiger partial charge >= 0.3 is 0 Å². The molecule has 1 aromatic carbocycles. The second kappa shape index (κ2) is 6.33. The Morgan fingerprint density at radius 1 is 1.45 bits per heavy atom. The molecule has 0 radical (unpaired) electrons. The Bertz CT molecular complexity index is 710. The number of hydrogen-bond acceptors (Lipinski definition) is 5. The first-order chi connectivity index (χ1) is 10.4. The maximum atomic E-state index is 12.2. The monoisotopic (exact) mass is 303 g/mol. The summed E-state index contributed by atoms with van der Waals surface area (Å²) in [7, 11) is 1.83. The summed E-state index contributed by atoms with van der Waals surface area (Å²) in [5.41, 5.74) is 0.851. The molecule has 0 bridgehead atoms. The molecule has 116 valence electrons. The fourth-order valence-electron chi connectivity index (χ4n) is 2.18. The van der Waals surface area contributed by atoms with Gasteiger partial charge in [-0.25, -0.2) is 0 Å². The van der Waals surface area contributed by atoms with Gasteiger partial charge in [0.05, 0.1) is 4.92 Å². The number of non-ortho nitro benzene ring substituents is 1. The number of nitro groups is 1. The van der Waals surface area contributed by atoms with Gasteiger partial charge in [-0.05, 0) is 18.6 Å². The van der Waals surface area contributed by atoms with E-state index in [1.54, 1.807) is 23.9 Å². The average molecular weight is 303 g/mol. The number of nitrogens with one attached hydrogen (secondary N) is 1. The van der Waals surface area contributed by atoms with E-state index in [2.05, 4.69) is 15.5 Å². The van der Waals surface area contributed by atoms with E-state index >= 15 is 0 Å². The minimum absolute atomic E-state index is 0.0174. The molecule has 0 aliphatic carbocycles. The van der Waals surface area contributed by atoms with Crippen molar-refractivity contribution in [1.82, 2.24) is 20.1 Å². The first-order valence-electron chi connectivity index (χ1n) is 6.76. The number of aromatic nitrogens is 3. The van der Waals surface area contributed by atoms with Crippen LogP contribution in [0.3, 0.4) is 0 Å². The zero-order chi connectivity index (χ0) is 16.3. The molecule has 2 rings (SSSR count). The topological polar surface area (TPSA) is 103 Å². The first kappa shape index (κ1) is 15.6. The summed E-state index contributed by atoms with van der Waals surface area (Å²) in [6.07, 6.45) is 1.59. The van der Waals surface area contributed by atoms with Crippen LogP contribution in [0, 0.1) is 17.0 Å². The lowest BCUT2D eigenvalue weighted by Gasteiger charge is -2.12. The molecule has 0 fully saturated rings. The lowest BCUT2D eigenvalue weighted by molar-refractivity contribution is -0.384. The quantitative estimate of drug-likeness (QED) is 0.667. The molecule has 1 amide bonds. The van der Waals surface area contributed by atoms with Crippen LogP contribution in [0.15, 0.2) is 24.5 Å². The minimum atomic E-state index is -0.508. The molecule has 0 saturated carbocycles. The van der Waals surface area contributed by atoms with E-state index in [-0.39, 0.29) is 23.1 Å². The van der Waals surface area contributed by atoms with E-state index in [1.165, 1.54) is 12.1 Å². The summed E-state index contributed by atoms with van der Waals surface area (Å²) in [4.78, 5) is 22.5. The molecule has 22 heavy (non-hydrogen) atoms. The van der Waals surface area contributed by atoms with E-state index < -0.39 is 4.92 Å². The van der Waals surface area contributed by atoms with Gasteiger partial charge in [0.1, 0.15) is 12.2 Å². The molecule has 0 saturated heterocycles. The number of carbonyl (C=O) groups excluding carboxylic acids is 1. The molecule has 1 heterocycles. The lowest BCUT2D eigenvalue weighted by atomic mass is 10.1. The van der Waals surface area contributed by atoms with E-state index in [0.29, 0.717) is 12.1 Å². The Balaban J connectivity index is 2.06. The van der Waals surface area contributed by atoms with Crippen LogP contribution in [-0.2, 0) is 7.05 Å². The number of nitrogens with zero attached hydrogens (tertiary/aromatic N) is 4. The molecule has 1 N–H and O–H groups in total. The van der Waals surface area contributed by atoms with Crippen molar-refractivity contribution >= 4 is 11.6 Å². The number of amides is 1. The molecule has 0 spiro atoms. The fourth-order valence-corrected chi connectivity index (χ4v) is 2.18. The molecule has 2 aromatic rings. The Kier molecular flexibility index (Phi) is 4.50. The Hall–Kier alpha value is -2.77. The van der Waals surface area contributed by atoms with Gasteiger partial charge in [-0.2, -0.15) is 0 Å². The normalized spacial score (nSPS) is 12.0. The van der Waals surface area contributed by atoms with Crippen molar-refractivity contribution in [2.45, 2.75) is 19.8 Å². The number of benzene rings is 1. The van der Waals surface area contributed by atoms with E-state index in [0.717, 1.165) is 5.82 Å². The van der Waals surface area contributed by atoms with Crippen LogP contribution in [0.5, 0.6) is 0 Å². The Labute approximate surface area is 127 Å². The van der Waals surface area contributed by atoms with E-state index in [1.807, 2.05) is 14.0 Å². The smallest absolute Gasteiger partial charge is 0.270 e. The molecule has 0 aliphatic rings. The molecule has 8 heteroatoms. The van der Waals surface area contributed by atoms with Crippen molar-refractivity contribution < 1.29 is 9.72 Å². The van der Waals surface area contributed by atoms with Crippen LogP contribution in [-0.4, -0.2) is 32.1 Å². The minimum Gasteiger partial charge on any atom is -0.351 e. The van der Waals surface area contributed by atoms with Gasteiger partial charge < -0.3 is 9.88 Å². The zero-order valence-corrected chi connectivity index (χ0v) is 12.6. The van der Waals surface area contributed by atoms with Crippen molar-refractivity contribution in [3.63, 3.8) is 0 Å². The maximum absolute atomic E-state index is 12.2. The van der Waals surface area contributed by atoms with Crippen LogP contribution in [0.4, 0.5) is 5.69 Å². The zero-order valence-electron chi connectivity index (χ0n) is 12.6. The highest BCUT2D eigenvalue weighted by molar-refractivity contribution is 5.95. The van der Waals surface area contributed by atoms with E-state index in [9.17, 15) is 14.9 Å². The van der Waals surface area contributed by atoms with Gasteiger partial charge in [0.15, 0.2) is 0 Å². The van der Waals surface area contributed by atoms with Gasteiger partial charge in [-0.3, -0.25) is 14.9 Å². The van der Waals surface area contributed by atoms with Gasteiger partial charge in [-0.15, -0.1) is 10.2 Å². The van der Waals surface area contributed by atoms with Gasteiger partial charge in [0.2, 0.25) is 0 Å². The third-order valence-electron chi connectivity index (χ3n) is 3.29. The number of aryl methyl sites for hydroxylation is 2. The molecule has 0 aliphatic heterocycles. The largest absolute Gasteiger partial charge is 0.351 e.